The van der Waals surface area contributed by atoms with E-state index in [0.717, 1.165) is 17.7 Å². The molecule has 0 aliphatic rings. The van der Waals surface area contributed by atoms with Gasteiger partial charge in [0.25, 0.3) is 0 Å². The normalized spacial score (nSPS) is 11.5. The predicted molar refractivity (Wildman–Crippen MR) is 85.5 cm³/mol. The van der Waals surface area contributed by atoms with Crippen LogP contribution in [-0.4, -0.2) is 21.7 Å². The van der Waals surface area contributed by atoms with Crippen LogP contribution in [0.5, 0.6) is 0 Å². The fourth-order valence-corrected chi connectivity index (χ4v) is 2.05. The highest BCUT2D eigenvalue weighted by molar-refractivity contribution is 5.85. The average molecular weight is 309 g/mol. The van der Waals surface area contributed by atoms with Crippen LogP contribution in [0.15, 0.2) is 42.7 Å². The summed E-state index contributed by atoms with van der Waals surface area (Å²) in [6, 6.07) is 9.28. The smallest absolute Gasteiger partial charge is 0.237 e. The first-order chi connectivity index (χ1) is 9.72. The van der Waals surface area contributed by atoms with Crippen molar-refractivity contribution in [3.05, 3.63) is 48.3 Å². The highest BCUT2D eigenvalue weighted by Gasteiger charge is 2.12. The summed E-state index contributed by atoms with van der Waals surface area (Å²) < 4.78 is 1.79. The molecule has 0 saturated carbocycles. The Morgan fingerprint density at radius 2 is 2.14 bits per heavy atom. The summed E-state index contributed by atoms with van der Waals surface area (Å²) >= 11 is 0. The summed E-state index contributed by atoms with van der Waals surface area (Å²) in [5.41, 5.74) is 7.76. The van der Waals surface area contributed by atoms with Gasteiger partial charge in [-0.05, 0) is 24.1 Å². The molecule has 1 aromatic heterocycles. The Kier molecular flexibility index (Phi) is 6.91. The Balaban J connectivity index is 0.00000220. The number of hydrogen-bond donors (Lipinski definition) is 2. The van der Waals surface area contributed by atoms with Crippen molar-refractivity contribution >= 4 is 18.3 Å². The van der Waals surface area contributed by atoms with Crippen LogP contribution in [0.1, 0.15) is 25.3 Å². The Labute approximate surface area is 130 Å². The number of carbonyl (C=O) groups is 1. The van der Waals surface area contributed by atoms with Gasteiger partial charge in [-0.1, -0.05) is 31.5 Å². The number of para-hydroxylation sites is 1. The molecule has 3 N–H and O–H groups in total. The van der Waals surface area contributed by atoms with Crippen LogP contribution in [0.4, 0.5) is 0 Å². The van der Waals surface area contributed by atoms with Gasteiger partial charge in [-0.15, -0.1) is 12.4 Å². The van der Waals surface area contributed by atoms with E-state index in [4.69, 9.17) is 5.73 Å². The number of halogens is 1. The summed E-state index contributed by atoms with van der Waals surface area (Å²) in [6.45, 7) is 2.46. The average Bonchev–Trinajstić information content (AvgIpc) is 2.99. The standard InChI is InChI=1S/C15H20N4O.ClH/c1-2-6-13(16)15(20)17-11-12-7-3-4-8-14(12)19-10-5-9-18-19;/h3-5,7-10,13H,2,6,11,16H2,1H3,(H,17,20);1H. The van der Waals surface area contributed by atoms with E-state index in [1.807, 2.05) is 43.5 Å². The minimum atomic E-state index is -0.433. The molecule has 1 atom stereocenters. The lowest BCUT2D eigenvalue weighted by Gasteiger charge is -2.13. The van der Waals surface area contributed by atoms with Crippen LogP contribution in [0.2, 0.25) is 0 Å². The van der Waals surface area contributed by atoms with E-state index in [9.17, 15) is 4.79 Å². The van der Waals surface area contributed by atoms with Crippen LogP contribution in [0.25, 0.3) is 5.69 Å². The molecule has 6 heteroatoms. The SMILES string of the molecule is CCCC(N)C(=O)NCc1ccccc1-n1cccn1.Cl. The van der Waals surface area contributed by atoms with Crippen molar-refractivity contribution in [3.8, 4) is 5.69 Å². The Hall–Kier alpha value is -1.85. The molecule has 2 rings (SSSR count). The van der Waals surface area contributed by atoms with Gasteiger partial charge in [0.2, 0.25) is 5.91 Å². The second kappa shape index (κ2) is 8.44. The second-order valence-corrected chi connectivity index (χ2v) is 4.69. The summed E-state index contributed by atoms with van der Waals surface area (Å²) in [7, 11) is 0. The van der Waals surface area contributed by atoms with Gasteiger partial charge in [0, 0.05) is 18.9 Å². The third kappa shape index (κ3) is 4.58. The van der Waals surface area contributed by atoms with Crippen LogP contribution >= 0.6 is 12.4 Å². The molecule has 0 bridgehead atoms. The zero-order valence-electron chi connectivity index (χ0n) is 12.0. The summed E-state index contributed by atoms with van der Waals surface area (Å²) in [6.07, 6.45) is 5.21. The van der Waals surface area contributed by atoms with Crippen LogP contribution < -0.4 is 11.1 Å². The molecule has 0 spiro atoms. The third-order valence-electron chi connectivity index (χ3n) is 3.13. The summed E-state index contributed by atoms with van der Waals surface area (Å²) in [4.78, 5) is 11.8. The number of carbonyl (C=O) groups excluding carboxylic acids is 1. The molecule has 0 aliphatic heterocycles. The number of hydrogen-bond acceptors (Lipinski definition) is 3. The molecule has 1 unspecified atom stereocenters. The van der Waals surface area contributed by atoms with Gasteiger partial charge in [0.15, 0.2) is 0 Å². The van der Waals surface area contributed by atoms with Crippen molar-refractivity contribution in [1.82, 2.24) is 15.1 Å². The Morgan fingerprint density at radius 1 is 1.38 bits per heavy atom. The number of benzene rings is 1. The minimum absolute atomic E-state index is 0. The van der Waals surface area contributed by atoms with Crippen molar-refractivity contribution in [1.29, 1.82) is 0 Å². The molecular formula is C15H21ClN4O. The molecule has 1 amide bonds. The van der Waals surface area contributed by atoms with Gasteiger partial charge in [-0.3, -0.25) is 4.79 Å². The molecule has 114 valence electrons. The van der Waals surface area contributed by atoms with E-state index in [0.29, 0.717) is 13.0 Å². The maximum Gasteiger partial charge on any atom is 0.237 e. The number of nitrogens with one attached hydrogen (secondary N) is 1. The lowest BCUT2D eigenvalue weighted by atomic mass is 10.1. The summed E-state index contributed by atoms with van der Waals surface area (Å²) in [5.74, 6) is -0.109. The van der Waals surface area contributed by atoms with Crippen molar-refractivity contribution < 1.29 is 4.79 Å². The highest BCUT2D eigenvalue weighted by Crippen LogP contribution is 2.13. The molecule has 0 aliphatic carbocycles. The minimum Gasteiger partial charge on any atom is -0.351 e. The zero-order chi connectivity index (χ0) is 14.4. The molecule has 2 aromatic rings. The van der Waals surface area contributed by atoms with Gasteiger partial charge in [0.05, 0.1) is 11.7 Å². The van der Waals surface area contributed by atoms with Crippen LogP contribution in [0.3, 0.4) is 0 Å². The molecule has 0 saturated heterocycles. The number of amides is 1. The molecule has 1 heterocycles. The molecule has 1 aromatic carbocycles. The van der Waals surface area contributed by atoms with Crippen LogP contribution in [0, 0.1) is 0 Å². The first kappa shape index (κ1) is 17.2. The first-order valence-corrected chi connectivity index (χ1v) is 6.83. The van der Waals surface area contributed by atoms with E-state index in [2.05, 4.69) is 10.4 Å². The largest absolute Gasteiger partial charge is 0.351 e. The van der Waals surface area contributed by atoms with E-state index >= 15 is 0 Å². The number of rotatable bonds is 6. The van der Waals surface area contributed by atoms with Gasteiger partial charge in [-0.2, -0.15) is 5.10 Å². The monoisotopic (exact) mass is 308 g/mol. The topological polar surface area (TPSA) is 72.9 Å². The van der Waals surface area contributed by atoms with Crippen LogP contribution in [-0.2, 0) is 11.3 Å². The van der Waals surface area contributed by atoms with E-state index in [-0.39, 0.29) is 18.3 Å². The fourth-order valence-electron chi connectivity index (χ4n) is 2.05. The molecule has 21 heavy (non-hydrogen) atoms. The number of nitrogens with zero attached hydrogens (tertiary/aromatic N) is 2. The Bertz CT molecular complexity index is 557. The first-order valence-electron chi connectivity index (χ1n) is 6.83. The lowest BCUT2D eigenvalue weighted by Crippen LogP contribution is -2.40. The quantitative estimate of drug-likeness (QED) is 0.857. The van der Waals surface area contributed by atoms with Gasteiger partial charge < -0.3 is 11.1 Å². The summed E-state index contributed by atoms with van der Waals surface area (Å²) in [5, 5.41) is 7.10. The predicted octanol–water partition coefficient (Wildman–Crippen LogP) is 2.04. The van der Waals surface area contributed by atoms with E-state index in [1.54, 1.807) is 10.9 Å². The maximum atomic E-state index is 11.8. The van der Waals surface area contributed by atoms with Gasteiger partial charge in [0.1, 0.15) is 0 Å². The molecule has 0 radical (unpaired) electrons. The highest BCUT2D eigenvalue weighted by atomic mass is 35.5. The zero-order valence-corrected chi connectivity index (χ0v) is 12.8. The van der Waals surface area contributed by atoms with Gasteiger partial charge in [-0.25, -0.2) is 4.68 Å². The molecular weight excluding hydrogens is 288 g/mol. The second-order valence-electron chi connectivity index (χ2n) is 4.69. The third-order valence-corrected chi connectivity index (χ3v) is 3.13. The number of aromatic nitrogens is 2. The molecule has 5 nitrogen and oxygen atoms in total. The van der Waals surface area contributed by atoms with Crippen molar-refractivity contribution in [3.63, 3.8) is 0 Å². The molecule has 0 fully saturated rings. The Morgan fingerprint density at radius 3 is 2.81 bits per heavy atom. The van der Waals surface area contributed by atoms with Gasteiger partial charge >= 0.3 is 0 Å². The van der Waals surface area contributed by atoms with Crippen molar-refractivity contribution in [2.75, 3.05) is 0 Å². The van der Waals surface area contributed by atoms with Crippen molar-refractivity contribution in [2.24, 2.45) is 5.73 Å². The number of nitrogens with two attached hydrogens (primary N) is 1. The van der Waals surface area contributed by atoms with Crippen molar-refractivity contribution in [2.45, 2.75) is 32.4 Å². The van der Waals surface area contributed by atoms with E-state index in [1.165, 1.54) is 0 Å². The fraction of sp³-hybridized carbons (Fsp3) is 0.333. The maximum absolute atomic E-state index is 11.8. The van der Waals surface area contributed by atoms with E-state index < -0.39 is 6.04 Å². The lowest BCUT2D eigenvalue weighted by molar-refractivity contribution is -0.122.